The first kappa shape index (κ1) is 16.7. The van der Waals surface area contributed by atoms with Gasteiger partial charge in [-0.25, -0.2) is 4.79 Å². The summed E-state index contributed by atoms with van der Waals surface area (Å²) in [6.07, 6.45) is -1.32. The zero-order valence-electron chi connectivity index (χ0n) is 15.1. The first-order chi connectivity index (χ1) is 12.1. The SMILES string of the molecule is CC1CCC(O)=C2C(=O)OC34CC(C)C5(C)OC23C(C1=O)C(O)C4C5O. The molecule has 2 saturated carbocycles. The molecule has 142 valence electrons. The van der Waals surface area contributed by atoms with Crippen molar-refractivity contribution in [2.24, 2.45) is 23.7 Å². The van der Waals surface area contributed by atoms with Gasteiger partial charge in [0, 0.05) is 12.3 Å². The second-order valence-corrected chi connectivity index (χ2v) is 9.01. The third-order valence-corrected chi connectivity index (χ3v) is 7.96. The van der Waals surface area contributed by atoms with E-state index in [1.807, 2.05) is 6.92 Å². The van der Waals surface area contributed by atoms with Gasteiger partial charge in [0.05, 0.1) is 29.6 Å². The fourth-order valence-corrected chi connectivity index (χ4v) is 6.53. The van der Waals surface area contributed by atoms with Gasteiger partial charge in [0.2, 0.25) is 0 Å². The van der Waals surface area contributed by atoms with Gasteiger partial charge < -0.3 is 24.8 Å². The summed E-state index contributed by atoms with van der Waals surface area (Å²) < 4.78 is 12.2. The van der Waals surface area contributed by atoms with Crippen LogP contribution in [0.15, 0.2) is 11.3 Å². The summed E-state index contributed by atoms with van der Waals surface area (Å²) in [5, 5.41) is 32.8. The van der Waals surface area contributed by atoms with Crippen molar-refractivity contribution in [3.63, 3.8) is 0 Å². The van der Waals surface area contributed by atoms with Crippen LogP contribution < -0.4 is 0 Å². The van der Waals surface area contributed by atoms with Crippen molar-refractivity contribution in [3.8, 4) is 0 Å². The smallest absolute Gasteiger partial charge is 0.341 e. The van der Waals surface area contributed by atoms with Crippen LogP contribution in [0.3, 0.4) is 0 Å². The van der Waals surface area contributed by atoms with Gasteiger partial charge in [-0.3, -0.25) is 4.79 Å². The Balaban J connectivity index is 1.87. The molecule has 0 aromatic heterocycles. The lowest BCUT2D eigenvalue weighted by atomic mass is 9.56. The van der Waals surface area contributed by atoms with Gasteiger partial charge in [-0.2, -0.15) is 0 Å². The van der Waals surface area contributed by atoms with E-state index in [0.29, 0.717) is 12.8 Å². The van der Waals surface area contributed by atoms with Crippen LogP contribution in [0.5, 0.6) is 0 Å². The molecule has 0 radical (unpaired) electrons. The van der Waals surface area contributed by atoms with Gasteiger partial charge in [0.15, 0.2) is 11.2 Å². The van der Waals surface area contributed by atoms with Gasteiger partial charge in [-0.1, -0.05) is 13.8 Å². The second-order valence-electron chi connectivity index (χ2n) is 9.01. The lowest BCUT2D eigenvalue weighted by molar-refractivity contribution is -0.342. The molecule has 0 aromatic carbocycles. The molecule has 3 N–H and O–H groups in total. The summed E-state index contributed by atoms with van der Waals surface area (Å²) in [7, 11) is 0. The molecule has 6 aliphatic rings. The molecule has 4 bridgehead atoms. The second kappa shape index (κ2) is 4.51. The Morgan fingerprint density at radius 2 is 1.88 bits per heavy atom. The highest BCUT2D eigenvalue weighted by molar-refractivity contribution is 6.00. The van der Waals surface area contributed by atoms with Crippen LogP contribution in [-0.2, 0) is 19.1 Å². The van der Waals surface area contributed by atoms with Crippen LogP contribution in [0.1, 0.15) is 40.0 Å². The lowest BCUT2D eigenvalue weighted by Crippen LogP contribution is -2.76. The highest BCUT2D eigenvalue weighted by Crippen LogP contribution is 2.73. The fraction of sp³-hybridized carbons (Fsp3) is 0.789. The van der Waals surface area contributed by atoms with E-state index in [2.05, 4.69) is 0 Å². The minimum Gasteiger partial charge on any atom is -0.512 e. The lowest BCUT2D eigenvalue weighted by Gasteiger charge is -2.63. The molecule has 0 aromatic rings. The van der Waals surface area contributed by atoms with Crippen LogP contribution in [0.25, 0.3) is 0 Å². The van der Waals surface area contributed by atoms with E-state index in [1.54, 1.807) is 13.8 Å². The molecule has 6 rings (SSSR count). The number of carbonyl (C=O) groups excluding carboxylic acids is 2. The molecular formula is C19H24O7. The average Bonchev–Trinajstić information content (AvgIpc) is 2.87. The van der Waals surface area contributed by atoms with E-state index in [4.69, 9.17) is 9.47 Å². The molecule has 7 heteroatoms. The van der Waals surface area contributed by atoms with E-state index in [1.165, 1.54) is 0 Å². The van der Waals surface area contributed by atoms with Gasteiger partial charge in [0.25, 0.3) is 0 Å². The molecule has 3 heterocycles. The number of ketones is 1. The molecule has 7 nitrogen and oxygen atoms in total. The molecule has 2 spiro atoms. The number of aliphatic hydroxyl groups excluding tert-OH is 3. The minimum atomic E-state index is -1.52. The van der Waals surface area contributed by atoms with Crippen LogP contribution in [0.4, 0.5) is 0 Å². The number of esters is 1. The third kappa shape index (κ3) is 1.40. The van der Waals surface area contributed by atoms with Crippen molar-refractivity contribution >= 4 is 11.8 Å². The van der Waals surface area contributed by atoms with Crippen LogP contribution in [0, 0.1) is 23.7 Å². The minimum absolute atomic E-state index is 0.0191. The zero-order valence-corrected chi connectivity index (χ0v) is 15.1. The quantitative estimate of drug-likeness (QED) is 0.540. The summed E-state index contributed by atoms with van der Waals surface area (Å²) >= 11 is 0. The number of ether oxygens (including phenoxy) is 2. The summed E-state index contributed by atoms with van der Waals surface area (Å²) in [5.74, 6) is -3.40. The van der Waals surface area contributed by atoms with E-state index in [9.17, 15) is 24.9 Å². The number of hydrogen-bond acceptors (Lipinski definition) is 7. The molecule has 3 aliphatic carbocycles. The number of carbonyl (C=O) groups is 2. The molecule has 9 unspecified atom stereocenters. The predicted molar refractivity (Wildman–Crippen MR) is 86.9 cm³/mol. The average molecular weight is 364 g/mol. The number of allylic oxidation sites excluding steroid dienone is 1. The summed E-state index contributed by atoms with van der Waals surface area (Å²) in [6.45, 7) is 5.42. The van der Waals surface area contributed by atoms with E-state index in [-0.39, 0.29) is 29.5 Å². The van der Waals surface area contributed by atoms with E-state index >= 15 is 0 Å². The van der Waals surface area contributed by atoms with Gasteiger partial charge in [-0.05, 0) is 25.7 Å². The number of aliphatic hydroxyl groups is 3. The Kier molecular flexibility index (Phi) is 2.90. The highest BCUT2D eigenvalue weighted by Gasteiger charge is 2.89. The molecule has 26 heavy (non-hydrogen) atoms. The largest absolute Gasteiger partial charge is 0.512 e. The molecule has 5 fully saturated rings. The Morgan fingerprint density at radius 1 is 1.19 bits per heavy atom. The maximum absolute atomic E-state index is 13.2. The monoisotopic (exact) mass is 364 g/mol. The van der Waals surface area contributed by atoms with Crippen LogP contribution in [0.2, 0.25) is 0 Å². The third-order valence-electron chi connectivity index (χ3n) is 7.96. The van der Waals surface area contributed by atoms with Crippen molar-refractivity contribution < 1.29 is 34.4 Å². The highest BCUT2D eigenvalue weighted by atomic mass is 16.6. The van der Waals surface area contributed by atoms with Crippen molar-refractivity contribution in [2.75, 3.05) is 0 Å². The maximum Gasteiger partial charge on any atom is 0.341 e. The maximum atomic E-state index is 13.2. The van der Waals surface area contributed by atoms with Crippen molar-refractivity contribution in [1.82, 2.24) is 0 Å². The topological polar surface area (TPSA) is 113 Å². The zero-order chi connectivity index (χ0) is 18.8. The number of rotatable bonds is 0. The summed E-state index contributed by atoms with van der Waals surface area (Å²) in [6, 6.07) is 0. The predicted octanol–water partition coefficient (Wildman–Crippen LogP) is 0.628. The fourth-order valence-electron chi connectivity index (χ4n) is 6.53. The van der Waals surface area contributed by atoms with Gasteiger partial charge in [0.1, 0.15) is 17.1 Å². The van der Waals surface area contributed by atoms with Gasteiger partial charge >= 0.3 is 5.97 Å². The normalized spacial score (nSPS) is 57.7. The Labute approximate surface area is 151 Å². The standard InChI is InChI=1S/C19H24O7/c1-7-4-5-9(20)10-16(24)25-18-6-8(2)17(3)15(23)12(18)14(22)11(13(7)21)19(10,18)26-17/h7-8,11-12,14-15,20,22-23H,4-6H2,1-3H3. The van der Waals surface area contributed by atoms with Crippen LogP contribution in [-0.4, -0.2) is 56.1 Å². The summed E-state index contributed by atoms with van der Waals surface area (Å²) in [5.41, 5.74) is -3.90. The molecule has 3 saturated heterocycles. The Hall–Kier alpha value is -1.44. The van der Waals surface area contributed by atoms with Crippen LogP contribution >= 0.6 is 0 Å². The van der Waals surface area contributed by atoms with Crippen molar-refractivity contribution in [1.29, 1.82) is 0 Å². The first-order valence-electron chi connectivity index (χ1n) is 9.38. The van der Waals surface area contributed by atoms with Crippen molar-refractivity contribution in [2.45, 2.75) is 69.0 Å². The van der Waals surface area contributed by atoms with E-state index in [0.717, 1.165) is 0 Å². The molecule has 0 amide bonds. The molecular weight excluding hydrogens is 340 g/mol. The Morgan fingerprint density at radius 3 is 2.58 bits per heavy atom. The molecule has 9 atom stereocenters. The van der Waals surface area contributed by atoms with E-state index < -0.39 is 52.7 Å². The van der Waals surface area contributed by atoms with Gasteiger partial charge in [-0.15, -0.1) is 0 Å². The number of fused-ring (bicyclic) bond motifs is 1. The van der Waals surface area contributed by atoms with Crippen molar-refractivity contribution in [3.05, 3.63) is 11.3 Å². The number of Topliss-reactive ketones (excluding diaryl/α,β-unsaturated/α-hetero) is 1. The molecule has 3 aliphatic heterocycles. The Bertz CT molecular complexity index is 774. The summed E-state index contributed by atoms with van der Waals surface area (Å²) in [4.78, 5) is 26.0. The first-order valence-corrected chi connectivity index (χ1v) is 9.38. The number of hydrogen-bond donors (Lipinski definition) is 3.